The smallest absolute Gasteiger partial charge is 0.231 e. The minimum absolute atomic E-state index is 0.0663. The molecule has 0 bridgehead atoms. The first-order chi connectivity index (χ1) is 11.5. The van der Waals surface area contributed by atoms with Gasteiger partial charge >= 0.3 is 0 Å². The lowest BCUT2D eigenvalue weighted by molar-refractivity contribution is 0.179. The van der Waals surface area contributed by atoms with Gasteiger partial charge in [-0.2, -0.15) is 4.98 Å². The number of halogens is 1. The minimum Gasteiger partial charge on any atom is -0.383 e. The van der Waals surface area contributed by atoms with Crippen LogP contribution < -0.4 is 16.0 Å². The number of aromatic nitrogens is 2. The second kappa shape index (κ2) is 8.51. The molecule has 6 nitrogen and oxygen atoms in total. The van der Waals surface area contributed by atoms with E-state index in [1.807, 2.05) is 13.8 Å². The summed E-state index contributed by atoms with van der Waals surface area (Å²) in [5, 5.41) is 9.55. The van der Waals surface area contributed by atoms with Crippen molar-refractivity contribution < 1.29 is 9.13 Å². The van der Waals surface area contributed by atoms with Crippen LogP contribution in [0.5, 0.6) is 0 Å². The van der Waals surface area contributed by atoms with E-state index < -0.39 is 0 Å². The number of aryl methyl sites for hydroxylation is 1. The molecule has 1 aromatic heterocycles. The van der Waals surface area contributed by atoms with Crippen LogP contribution in [0.4, 0.5) is 21.8 Å². The van der Waals surface area contributed by atoms with Gasteiger partial charge in [0, 0.05) is 30.6 Å². The van der Waals surface area contributed by atoms with Crippen molar-refractivity contribution in [2.45, 2.75) is 19.9 Å². The Morgan fingerprint density at radius 2 is 2.00 bits per heavy atom. The second-order valence-electron chi connectivity index (χ2n) is 5.30. The normalized spacial score (nSPS) is 11.7. The van der Waals surface area contributed by atoms with Gasteiger partial charge in [0.1, 0.15) is 11.6 Å². The van der Waals surface area contributed by atoms with E-state index in [-0.39, 0.29) is 11.9 Å². The standard InChI is InChI=1S/C16H20FN5OS/c1-10-8-14(20-13-6-4-12(17)5-7-13)21-15(18-10)22-16(24)19-11(2)9-23-3/h4-8,11H,9H2,1-3H3,(H3,18,19,20,21,22,24). The summed E-state index contributed by atoms with van der Waals surface area (Å²) in [5.41, 5.74) is 1.50. The van der Waals surface area contributed by atoms with Crippen LogP contribution in [0.1, 0.15) is 12.6 Å². The topological polar surface area (TPSA) is 71.1 Å². The first kappa shape index (κ1) is 18.0. The summed E-state index contributed by atoms with van der Waals surface area (Å²) < 4.78 is 18.0. The third-order valence-electron chi connectivity index (χ3n) is 2.99. The zero-order chi connectivity index (χ0) is 17.5. The lowest BCUT2D eigenvalue weighted by Crippen LogP contribution is -2.38. The van der Waals surface area contributed by atoms with E-state index in [2.05, 4.69) is 25.9 Å². The number of anilines is 3. The van der Waals surface area contributed by atoms with E-state index in [1.165, 1.54) is 12.1 Å². The molecule has 1 heterocycles. The molecule has 8 heteroatoms. The quantitative estimate of drug-likeness (QED) is 0.693. The van der Waals surface area contributed by atoms with E-state index in [0.29, 0.717) is 23.5 Å². The Bertz CT molecular complexity index is 695. The number of ether oxygens (including phenoxy) is 1. The Hall–Kier alpha value is -2.32. The van der Waals surface area contributed by atoms with E-state index in [9.17, 15) is 4.39 Å². The molecule has 2 aromatic rings. The maximum absolute atomic E-state index is 13.0. The van der Waals surface area contributed by atoms with Crippen LogP contribution in [-0.2, 0) is 4.74 Å². The van der Waals surface area contributed by atoms with Gasteiger partial charge in [-0.05, 0) is 50.3 Å². The third-order valence-corrected chi connectivity index (χ3v) is 3.21. The first-order valence-corrected chi connectivity index (χ1v) is 7.82. The summed E-state index contributed by atoms with van der Waals surface area (Å²) in [4.78, 5) is 8.66. The molecular formula is C16H20FN5OS. The Labute approximate surface area is 145 Å². The van der Waals surface area contributed by atoms with E-state index in [0.717, 1.165) is 11.4 Å². The highest BCUT2D eigenvalue weighted by Crippen LogP contribution is 2.17. The number of hydrogen-bond acceptors (Lipinski definition) is 5. The number of methoxy groups -OCH3 is 1. The highest BCUT2D eigenvalue weighted by atomic mass is 32.1. The fourth-order valence-corrected chi connectivity index (χ4v) is 2.32. The molecule has 0 aliphatic rings. The van der Waals surface area contributed by atoms with Crippen LogP contribution in [0.2, 0.25) is 0 Å². The van der Waals surface area contributed by atoms with Crippen molar-refractivity contribution in [2.75, 3.05) is 24.4 Å². The van der Waals surface area contributed by atoms with Crippen LogP contribution in [0.3, 0.4) is 0 Å². The highest BCUT2D eigenvalue weighted by Gasteiger charge is 2.07. The summed E-state index contributed by atoms with van der Waals surface area (Å²) in [5.74, 6) is 0.675. The monoisotopic (exact) mass is 349 g/mol. The lowest BCUT2D eigenvalue weighted by atomic mass is 10.3. The molecule has 0 fully saturated rings. The Morgan fingerprint density at radius 1 is 1.29 bits per heavy atom. The molecule has 0 saturated carbocycles. The van der Waals surface area contributed by atoms with Crippen LogP contribution in [-0.4, -0.2) is 34.8 Å². The minimum atomic E-state index is -0.289. The average Bonchev–Trinajstić information content (AvgIpc) is 2.49. The van der Waals surface area contributed by atoms with Gasteiger partial charge in [-0.3, -0.25) is 0 Å². The predicted molar refractivity (Wildman–Crippen MR) is 97.1 cm³/mol. The van der Waals surface area contributed by atoms with Crippen molar-refractivity contribution >= 4 is 34.8 Å². The van der Waals surface area contributed by atoms with Gasteiger partial charge in [-0.15, -0.1) is 0 Å². The fourth-order valence-electron chi connectivity index (χ4n) is 2.02. The fraction of sp³-hybridized carbons (Fsp3) is 0.312. The van der Waals surface area contributed by atoms with Gasteiger partial charge in [0.25, 0.3) is 0 Å². The van der Waals surface area contributed by atoms with E-state index in [4.69, 9.17) is 17.0 Å². The molecule has 0 spiro atoms. The molecule has 128 valence electrons. The third kappa shape index (κ3) is 5.71. The molecule has 1 atom stereocenters. The molecule has 1 aromatic carbocycles. The maximum atomic E-state index is 13.0. The lowest BCUT2D eigenvalue weighted by Gasteiger charge is -2.16. The zero-order valence-electron chi connectivity index (χ0n) is 13.8. The Morgan fingerprint density at radius 3 is 2.67 bits per heavy atom. The number of nitrogens with one attached hydrogen (secondary N) is 3. The highest BCUT2D eigenvalue weighted by molar-refractivity contribution is 7.80. The summed E-state index contributed by atoms with van der Waals surface area (Å²) >= 11 is 5.24. The van der Waals surface area contributed by atoms with Crippen LogP contribution >= 0.6 is 12.2 Å². The molecule has 0 saturated heterocycles. The van der Waals surface area contributed by atoms with Gasteiger partial charge in [0.05, 0.1) is 6.61 Å². The summed E-state index contributed by atoms with van der Waals surface area (Å²) in [6.45, 7) is 4.34. The second-order valence-corrected chi connectivity index (χ2v) is 5.71. The SMILES string of the molecule is COCC(C)NC(=S)Nc1nc(C)cc(Nc2ccc(F)cc2)n1. The Kier molecular flexibility index (Phi) is 6.39. The number of thiocarbonyl (C=S) groups is 1. The van der Waals surface area contributed by atoms with Crippen molar-refractivity contribution in [1.82, 2.24) is 15.3 Å². The van der Waals surface area contributed by atoms with Gasteiger partial charge < -0.3 is 20.7 Å². The van der Waals surface area contributed by atoms with Crippen molar-refractivity contribution in [3.8, 4) is 0 Å². The van der Waals surface area contributed by atoms with Crippen LogP contribution in [0.25, 0.3) is 0 Å². The molecule has 0 aliphatic carbocycles. The van der Waals surface area contributed by atoms with Crippen LogP contribution in [0, 0.1) is 12.7 Å². The van der Waals surface area contributed by atoms with E-state index in [1.54, 1.807) is 25.3 Å². The molecule has 0 aliphatic heterocycles. The first-order valence-electron chi connectivity index (χ1n) is 7.41. The molecule has 1 unspecified atom stereocenters. The van der Waals surface area contributed by atoms with Crippen LogP contribution in [0.15, 0.2) is 30.3 Å². The number of benzene rings is 1. The Balaban J connectivity index is 2.05. The predicted octanol–water partition coefficient (Wildman–Crippen LogP) is 2.99. The van der Waals surface area contributed by atoms with Gasteiger partial charge in [-0.25, -0.2) is 9.37 Å². The largest absolute Gasteiger partial charge is 0.383 e. The summed E-state index contributed by atoms with van der Waals surface area (Å²) in [6.07, 6.45) is 0. The average molecular weight is 349 g/mol. The van der Waals surface area contributed by atoms with Gasteiger partial charge in [0.15, 0.2) is 5.11 Å². The molecule has 0 radical (unpaired) electrons. The van der Waals surface area contributed by atoms with Crippen molar-refractivity contribution in [3.05, 3.63) is 41.8 Å². The van der Waals surface area contributed by atoms with E-state index >= 15 is 0 Å². The maximum Gasteiger partial charge on any atom is 0.231 e. The number of hydrogen-bond donors (Lipinski definition) is 3. The zero-order valence-corrected chi connectivity index (χ0v) is 14.6. The van der Waals surface area contributed by atoms with Crippen molar-refractivity contribution in [3.63, 3.8) is 0 Å². The molecular weight excluding hydrogens is 329 g/mol. The van der Waals surface area contributed by atoms with Gasteiger partial charge in [0.2, 0.25) is 5.95 Å². The number of rotatable bonds is 6. The summed E-state index contributed by atoms with van der Waals surface area (Å²) in [7, 11) is 1.63. The molecule has 24 heavy (non-hydrogen) atoms. The molecule has 2 rings (SSSR count). The molecule has 0 amide bonds. The number of nitrogens with zero attached hydrogens (tertiary/aromatic N) is 2. The van der Waals surface area contributed by atoms with Crippen molar-refractivity contribution in [1.29, 1.82) is 0 Å². The summed E-state index contributed by atoms with van der Waals surface area (Å²) in [6, 6.07) is 7.89. The molecule has 3 N–H and O–H groups in total. The van der Waals surface area contributed by atoms with Crippen molar-refractivity contribution in [2.24, 2.45) is 0 Å². The van der Waals surface area contributed by atoms with Gasteiger partial charge in [-0.1, -0.05) is 0 Å².